The summed E-state index contributed by atoms with van der Waals surface area (Å²) in [7, 11) is -3.66. The maximum atomic E-state index is 12.3. The summed E-state index contributed by atoms with van der Waals surface area (Å²) >= 11 is 1.05. The van der Waals surface area contributed by atoms with Crippen molar-refractivity contribution in [1.29, 1.82) is 0 Å². The summed E-state index contributed by atoms with van der Waals surface area (Å²) in [5, 5.41) is 7.65. The fourth-order valence-electron chi connectivity index (χ4n) is 2.27. The molecule has 1 aliphatic rings. The van der Waals surface area contributed by atoms with Crippen molar-refractivity contribution in [3.63, 3.8) is 0 Å². The number of ether oxygens (including phenoxy) is 1. The van der Waals surface area contributed by atoms with Crippen LogP contribution in [0.4, 0.5) is 5.82 Å². The molecule has 1 amide bonds. The van der Waals surface area contributed by atoms with Crippen molar-refractivity contribution in [2.24, 2.45) is 0 Å². The molecule has 2 aromatic rings. The maximum Gasteiger partial charge on any atom is 0.267 e. The maximum absolute atomic E-state index is 12.3. The topological polar surface area (TPSA) is 111 Å². The third-order valence-electron chi connectivity index (χ3n) is 3.50. The Morgan fingerprint density at radius 3 is 2.96 bits per heavy atom. The number of thiophene rings is 1. The van der Waals surface area contributed by atoms with Crippen molar-refractivity contribution in [3.8, 4) is 0 Å². The van der Waals surface area contributed by atoms with Crippen LogP contribution in [0.3, 0.4) is 0 Å². The van der Waals surface area contributed by atoms with Gasteiger partial charge in [-0.15, -0.1) is 11.3 Å². The SMILES string of the molecule is Cc1cc(NC(=O)c2cc(S(=O)(=O)NC[C@@H]3CCCO3)cs2)no1. The minimum atomic E-state index is -3.66. The average molecular weight is 371 g/mol. The number of hydrogen-bond acceptors (Lipinski definition) is 7. The Labute approximate surface area is 143 Å². The Bertz CT molecular complexity index is 821. The highest BCUT2D eigenvalue weighted by Crippen LogP contribution is 2.21. The van der Waals surface area contributed by atoms with Crippen LogP contribution in [-0.4, -0.2) is 38.7 Å². The summed E-state index contributed by atoms with van der Waals surface area (Å²) in [6.45, 7) is 2.60. The summed E-state index contributed by atoms with van der Waals surface area (Å²) in [5.41, 5.74) is 0. The molecule has 130 valence electrons. The molecule has 0 unspecified atom stereocenters. The average Bonchev–Trinajstić information content (AvgIpc) is 3.27. The van der Waals surface area contributed by atoms with Gasteiger partial charge in [-0.3, -0.25) is 4.79 Å². The summed E-state index contributed by atoms with van der Waals surface area (Å²) in [5.74, 6) is 0.416. The Balaban J connectivity index is 1.64. The normalized spacial score (nSPS) is 18.0. The van der Waals surface area contributed by atoms with Gasteiger partial charge in [0.15, 0.2) is 5.82 Å². The van der Waals surface area contributed by atoms with Gasteiger partial charge in [-0.1, -0.05) is 5.16 Å². The van der Waals surface area contributed by atoms with E-state index in [2.05, 4.69) is 15.2 Å². The van der Waals surface area contributed by atoms with Gasteiger partial charge in [-0.2, -0.15) is 0 Å². The van der Waals surface area contributed by atoms with Gasteiger partial charge in [0, 0.05) is 24.6 Å². The predicted octanol–water partition coefficient (Wildman–Crippen LogP) is 1.75. The lowest BCUT2D eigenvalue weighted by molar-refractivity contribution is 0.102. The highest BCUT2D eigenvalue weighted by atomic mass is 32.2. The molecule has 2 N–H and O–H groups in total. The van der Waals surface area contributed by atoms with Gasteiger partial charge < -0.3 is 14.6 Å². The van der Waals surface area contributed by atoms with Crippen molar-refractivity contribution in [1.82, 2.24) is 9.88 Å². The van der Waals surface area contributed by atoms with Crippen LogP contribution in [0.2, 0.25) is 0 Å². The minimum Gasteiger partial charge on any atom is -0.377 e. The molecular formula is C14H17N3O5S2. The zero-order valence-electron chi connectivity index (χ0n) is 12.9. The Hall–Kier alpha value is -1.75. The molecule has 0 aromatic carbocycles. The molecule has 0 saturated carbocycles. The van der Waals surface area contributed by atoms with Crippen LogP contribution in [0.1, 0.15) is 28.3 Å². The Kier molecular flexibility index (Phi) is 4.99. The van der Waals surface area contributed by atoms with Crippen LogP contribution >= 0.6 is 11.3 Å². The number of nitrogens with one attached hydrogen (secondary N) is 2. The number of anilines is 1. The molecule has 24 heavy (non-hydrogen) atoms. The standard InChI is InChI=1S/C14H17N3O5S2/c1-9-5-13(17-22-9)16-14(18)12-6-11(8-23-12)24(19,20)15-7-10-3-2-4-21-10/h5-6,8,10,15H,2-4,7H2,1H3,(H,16,17,18)/t10-/m0/s1. The third-order valence-corrected chi connectivity index (χ3v) is 5.99. The van der Waals surface area contributed by atoms with E-state index in [1.807, 2.05) is 0 Å². The highest BCUT2D eigenvalue weighted by molar-refractivity contribution is 7.89. The zero-order chi connectivity index (χ0) is 17.2. The van der Waals surface area contributed by atoms with E-state index in [1.54, 1.807) is 13.0 Å². The lowest BCUT2D eigenvalue weighted by Crippen LogP contribution is -2.31. The van der Waals surface area contributed by atoms with Crippen LogP contribution < -0.4 is 10.0 Å². The molecule has 3 rings (SSSR count). The van der Waals surface area contributed by atoms with Gasteiger partial charge in [-0.25, -0.2) is 13.1 Å². The largest absolute Gasteiger partial charge is 0.377 e. The van der Waals surface area contributed by atoms with Crippen LogP contribution in [0.25, 0.3) is 0 Å². The molecular weight excluding hydrogens is 354 g/mol. The smallest absolute Gasteiger partial charge is 0.267 e. The lowest BCUT2D eigenvalue weighted by atomic mass is 10.2. The molecule has 3 heterocycles. The first-order valence-corrected chi connectivity index (χ1v) is 9.75. The number of sulfonamides is 1. The van der Waals surface area contributed by atoms with E-state index in [0.717, 1.165) is 24.2 Å². The van der Waals surface area contributed by atoms with E-state index in [-0.39, 0.29) is 28.2 Å². The van der Waals surface area contributed by atoms with Crippen molar-refractivity contribution in [3.05, 3.63) is 28.2 Å². The number of aryl methyl sites for hydroxylation is 1. The molecule has 1 fully saturated rings. The van der Waals surface area contributed by atoms with Crippen molar-refractivity contribution in [2.45, 2.75) is 30.8 Å². The highest BCUT2D eigenvalue weighted by Gasteiger charge is 2.22. The molecule has 10 heteroatoms. The second-order valence-corrected chi connectivity index (χ2v) is 8.09. The van der Waals surface area contributed by atoms with Crippen molar-refractivity contribution < 1.29 is 22.5 Å². The monoisotopic (exact) mass is 371 g/mol. The van der Waals surface area contributed by atoms with Crippen LogP contribution in [-0.2, 0) is 14.8 Å². The molecule has 0 radical (unpaired) electrons. The number of aromatic nitrogens is 1. The first kappa shape index (κ1) is 17.1. The van der Waals surface area contributed by atoms with Gasteiger partial charge in [0.05, 0.1) is 15.9 Å². The van der Waals surface area contributed by atoms with Gasteiger partial charge in [0.25, 0.3) is 5.91 Å². The van der Waals surface area contributed by atoms with Gasteiger partial charge in [0.1, 0.15) is 5.76 Å². The fourth-order valence-corrected chi connectivity index (χ4v) is 4.51. The summed E-state index contributed by atoms with van der Waals surface area (Å²) in [6.07, 6.45) is 1.70. The van der Waals surface area contributed by atoms with E-state index in [1.165, 1.54) is 11.4 Å². The number of rotatable bonds is 6. The molecule has 1 saturated heterocycles. The van der Waals surface area contributed by atoms with Crippen LogP contribution in [0.5, 0.6) is 0 Å². The van der Waals surface area contributed by atoms with E-state index in [4.69, 9.17) is 9.26 Å². The third kappa shape index (κ3) is 4.01. The second-order valence-electron chi connectivity index (χ2n) is 5.41. The van der Waals surface area contributed by atoms with E-state index in [9.17, 15) is 13.2 Å². The van der Waals surface area contributed by atoms with E-state index in [0.29, 0.717) is 12.4 Å². The quantitative estimate of drug-likeness (QED) is 0.800. The van der Waals surface area contributed by atoms with Crippen LogP contribution in [0.15, 0.2) is 26.9 Å². The molecule has 8 nitrogen and oxygen atoms in total. The van der Waals surface area contributed by atoms with Crippen molar-refractivity contribution >= 4 is 33.1 Å². The number of carbonyl (C=O) groups is 1. The number of hydrogen-bond donors (Lipinski definition) is 2. The van der Waals surface area contributed by atoms with Gasteiger partial charge in [0.2, 0.25) is 10.0 Å². The summed E-state index contributed by atoms with van der Waals surface area (Å²) in [4.78, 5) is 12.4. The number of nitrogens with zero attached hydrogens (tertiary/aromatic N) is 1. The van der Waals surface area contributed by atoms with Gasteiger partial charge >= 0.3 is 0 Å². The minimum absolute atomic E-state index is 0.0620. The zero-order valence-corrected chi connectivity index (χ0v) is 14.6. The second kappa shape index (κ2) is 7.01. The first-order valence-electron chi connectivity index (χ1n) is 7.38. The molecule has 1 atom stereocenters. The Morgan fingerprint density at radius 1 is 1.46 bits per heavy atom. The van der Waals surface area contributed by atoms with Crippen LogP contribution in [0, 0.1) is 6.92 Å². The lowest BCUT2D eigenvalue weighted by Gasteiger charge is -2.10. The Morgan fingerprint density at radius 2 is 2.29 bits per heavy atom. The fraction of sp³-hybridized carbons (Fsp3) is 0.429. The first-order chi connectivity index (χ1) is 11.4. The summed E-state index contributed by atoms with van der Waals surface area (Å²) in [6, 6.07) is 2.91. The predicted molar refractivity (Wildman–Crippen MR) is 87.7 cm³/mol. The van der Waals surface area contributed by atoms with Crippen molar-refractivity contribution in [2.75, 3.05) is 18.5 Å². The molecule has 0 spiro atoms. The van der Waals surface area contributed by atoms with E-state index >= 15 is 0 Å². The van der Waals surface area contributed by atoms with E-state index < -0.39 is 15.9 Å². The van der Waals surface area contributed by atoms with Gasteiger partial charge in [-0.05, 0) is 25.8 Å². The molecule has 0 bridgehead atoms. The molecule has 0 aliphatic carbocycles. The number of amides is 1. The molecule has 1 aliphatic heterocycles. The summed E-state index contributed by atoms with van der Waals surface area (Å²) < 4.78 is 37.3. The number of carbonyl (C=O) groups excluding carboxylic acids is 1. The molecule has 2 aromatic heterocycles.